The summed E-state index contributed by atoms with van der Waals surface area (Å²) in [5, 5.41) is 0. The third-order valence-electron chi connectivity index (χ3n) is 7.15. The summed E-state index contributed by atoms with van der Waals surface area (Å²) in [7, 11) is 0. The van der Waals surface area contributed by atoms with Gasteiger partial charge in [-0.1, -0.05) is 109 Å². The van der Waals surface area contributed by atoms with Crippen LogP contribution in [-0.2, 0) is 26.1 Å². The standard InChI is InChI=1S/C39H36O2/c1-4-9-36-25-34(21-23-38(36)40-27-30-11-7-6-8-12-30)35-22-24-39(37(26-35)10-5-2)41-28-31-15-19-33(20-16-31)32-17-13-29(3)14-18-32/h4-8,11-26H,1-2,9-10,27-28H2,3H3. The number of benzene rings is 5. The molecular weight excluding hydrogens is 500 g/mol. The molecule has 0 aliphatic heterocycles. The van der Waals surface area contributed by atoms with Gasteiger partial charge in [-0.25, -0.2) is 0 Å². The van der Waals surface area contributed by atoms with Crippen molar-refractivity contribution in [2.45, 2.75) is 33.0 Å². The highest BCUT2D eigenvalue weighted by Crippen LogP contribution is 2.32. The third-order valence-corrected chi connectivity index (χ3v) is 7.15. The van der Waals surface area contributed by atoms with E-state index in [4.69, 9.17) is 9.47 Å². The zero-order chi connectivity index (χ0) is 28.4. The van der Waals surface area contributed by atoms with Crippen LogP contribution in [0.5, 0.6) is 11.5 Å². The Kier molecular flexibility index (Phi) is 9.13. The molecule has 0 fully saturated rings. The predicted octanol–water partition coefficient (Wildman–Crippen LogP) is 9.94. The van der Waals surface area contributed by atoms with Gasteiger partial charge in [0.1, 0.15) is 24.7 Å². The minimum absolute atomic E-state index is 0.509. The van der Waals surface area contributed by atoms with Crippen molar-refractivity contribution in [1.82, 2.24) is 0 Å². The second kappa shape index (κ2) is 13.5. The molecular formula is C39H36O2. The molecule has 0 aliphatic rings. The van der Waals surface area contributed by atoms with E-state index in [1.807, 2.05) is 30.4 Å². The quantitative estimate of drug-likeness (QED) is 0.148. The maximum absolute atomic E-state index is 6.30. The van der Waals surface area contributed by atoms with Crippen molar-refractivity contribution in [2.75, 3.05) is 0 Å². The molecule has 0 amide bonds. The zero-order valence-electron chi connectivity index (χ0n) is 23.7. The van der Waals surface area contributed by atoms with Crippen molar-refractivity contribution in [3.63, 3.8) is 0 Å². The van der Waals surface area contributed by atoms with Crippen molar-refractivity contribution in [1.29, 1.82) is 0 Å². The lowest BCUT2D eigenvalue weighted by Gasteiger charge is -2.15. The van der Waals surface area contributed by atoms with E-state index in [0.29, 0.717) is 13.2 Å². The van der Waals surface area contributed by atoms with E-state index >= 15 is 0 Å². The van der Waals surface area contributed by atoms with Gasteiger partial charge in [-0.2, -0.15) is 0 Å². The van der Waals surface area contributed by atoms with Crippen LogP contribution in [0.25, 0.3) is 22.3 Å². The fourth-order valence-corrected chi connectivity index (χ4v) is 4.87. The van der Waals surface area contributed by atoms with E-state index in [1.165, 1.54) is 16.7 Å². The highest BCUT2D eigenvalue weighted by atomic mass is 16.5. The molecule has 0 bridgehead atoms. The van der Waals surface area contributed by atoms with Crippen LogP contribution in [0, 0.1) is 6.92 Å². The first-order valence-corrected chi connectivity index (χ1v) is 14.1. The number of hydrogen-bond donors (Lipinski definition) is 0. The average molecular weight is 537 g/mol. The third kappa shape index (κ3) is 7.23. The Morgan fingerprint density at radius 3 is 1.44 bits per heavy atom. The molecule has 0 aliphatic carbocycles. The first kappa shape index (κ1) is 27.7. The molecule has 0 aromatic heterocycles. The predicted molar refractivity (Wildman–Crippen MR) is 171 cm³/mol. The van der Waals surface area contributed by atoms with Crippen LogP contribution in [-0.4, -0.2) is 0 Å². The second-order valence-electron chi connectivity index (χ2n) is 10.3. The molecule has 0 saturated carbocycles. The Labute approximate surface area is 244 Å². The first-order chi connectivity index (χ1) is 20.1. The van der Waals surface area contributed by atoms with E-state index in [9.17, 15) is 0 Å². The van der Waals surface area contributed by atoms with Crippen LogP contribution in [0.15, 0.2) is 141 Å². The number of aryl methyl sites for hydroxylation is 1. The highest BCUT2D eigenvalue weighted by molar-refractivity contribution is 5.68. The van der Waals surface area contributed by atoms with Crippen molar-refractivity contribution in [3.05, 3.63) is 168 Å². The lowest BCUT2D eigenvalue weighted by atomic mass is 9.98. The molecule has 0 unspecified atom stereocenters. The fraction of sp³-hybridized carbons (Fsp3) is 0.128. The van der Waals surface area contributed by atoms with Crippen molar-refractivity contribution in [2.24, 2.45) is 0 Å². The Hall–Kier alpha value is -4.82. The van der Waals surface area contributed by atoms with Gasteiger partial charge >= 0.3 is 0 Å². The molecule has 41 heavy (non-hydrogen) atoms. The molecule has 5 rings (SSSR count). The SMILES string of the molecule is C=CCc1cc(-c2ccc(OCc3ccc(-c4ccc(C)cc4)cc3)c(CC=C)c2)ccc1OCc1ccccc1. The molecule has 5 aromatic rings. The minimum Gasteiger partial charge on any atom is -0.489 e. The summed E-state index contributed by atoms with van der Waals surface area (Å²) in [6.07, 6.45) is 5.31. The largest absolute Gasteiger partial charge is 0.489 e. The second-order valence-corrected chi connectivity index (χ2v) is 10.3. The topological polar surface area (TPSA) is 18.5 Å². The number of ether oxygens (including phenoxy) is 2. The molecule has 0 saturated heterocycles. The Balaban J connectivity index is 1.30. The zero-order valence-corrected chi connectivity index (χ0v) is 23.7. The van der Waals surface area contributed by atoms with Crippen LogP contribution in [0.4, 0.5) is 0 Å². The lowest BCUT2D eigenvalue weighted by molar-refractivity contribution is 0.303. The van der Waals surface area contributed by atoms with Gasteiger partial charge in [-0.15, -0.1) is 13.2 Å². The van der Waals surface area contributed by atoms with Crippen molar-refractivity contribution >= 4 is 0 Å². The molecule has 2 nitrogen and oxygen atoms in total. The Bertz CT molecular complexity index is 1600. The number of rotatable bonds is 12. The Morgan fingerprint density at radius 2 is 0.951 bits per heavy atom. The normalized spacial score (nSPS) is 10.7. The maximum atomic E-state index is 6.30. The summed E-state index contributed by atoms with van der Waals surface area (Å²) >= 11 is 0. The van der Waals surface area contributed by atoms with E-state index in [-0.39, 0.29) is 0 Å². The summed E-state index contributed by atoms with van der Waals surface area (Å²) in [5.41, 5.74) is 10.5. The van der Waals surface area contributed by atoms with E-state index < -0.39 is 0 Å². The summed E-state index contributed by atoms with van der Waals surface area (Å²) < 4.78 is 12.5. The molecule has 0 spiro atoms. The fourth-order valence-electron chi connectivity index (χ4n) is 4.87. The van der Waals surface area contributed by atoms with Gasteiger partial charge in [0.25, 0.3) is 0 Å². The number of hydrogen-bond acceptors (Lipinski definition) is 2. The van der Waals surface area contributed by atoms with Crippen LogP contribution in [0.2, 0.25) is 0 Å². The summed E-state index contributed by atoms with van der Waals surface area (Å²) in [6, 6.07) is 40.2. The molecule has 0 N–H and O–H groups in total. The summed E-state index contributed by atoms with van der Waals surface area (Å²) in [4.78, 5) is 0. The molecule has 2 heteroatoms. The maximum Gasteiger partial charge on any atom is 0.123 e. The minimum atomic E-state index is 0.509. The highest BCUT2D eigenvalue weighted by Gasteiger charge is 2.10. The van der Waals surface area contributed by atoms with Crippen molar-refractivity contribution < 1.29 is 9.47 Å². The van der Waals surface area contributed by atoms with Crippen LogP contribution < -0.4 is 9.47 Å². The van der Waals surface area contributed by atoms with E-state index in [1.54, 1.807) is 0 Å². The molecule has 0 radical (unpaired) electrons. The van der Waals surface area contributed by atoms with E-state index in [0.717, 1.165) is 57.7 Å². The molecule has 0 heterocycles. The van der Waals surface area contributed by atoms with Gasteiger partial charge in [-0.05, 0) is 88.5 Å². The van der Waals surface area contributed by atoms with E-state index in [2.05, 4.69) is 117 Å². The summed E-state index contributed by atoms with van der Waals surface area (Å²) in [5.74, 6) is 1.77. The van der Waals surface area contributed by atoms with Gasteiger partial charge in [-0.3, -0.25) is 0 Å². The van der Waals surface area contributed by atoms with Crippen LogP contribution >= 0.6 is 0 Å². The van der Waals surface area contributed by atoms with Gasteiger partial charge in [0, 0.05) is 0 Å². The molecule has 204 valence electrons. The van der Waals surface area contributed by atoms with Gasteiger partial charge < -0.3 is 9.47 Å². The van der Waals surface area contributed by atoms with Crippen molar-refractivity contribution in [3.8, 4) is 33.8 Å². The first-order valence-electron chi connectivity index (χ1n) is 14.1. The van der Waals surface area contributed by atoms with Gasteiger partial charge in [0.15, 0.2) is 0 Å². The lowest BCUT2D eigenvalue weighted by Crippen LogP contribution is -2.00. The van der Waals surface area contributed by atoms with Gasteiger partial charge in [0.2, 0.25) is 0 Å². The average Bonchev–Trinajstić information content (AvgIpc) is 3.01. The van der Waals surface area contributed by atoms with Crippen LogP contribution in [0.3, 0.4) is 0 Å². The molecule has 0 atom stereocenters. The smallest absolute Gasteiger partial charge is 0.123 e. The van der Waals surface area contributed by atoms with Gasteiger partial charge in [0.05, 0.1) is 0 Å². The van der Waals surface area contributed by atoms with Crippen LogP contribution in [0.1, 0.15) is 27.8 Å². The monoisotopic (exact) mass is 536 g/mol. The number of allylic oxidation sites excluding steroid dienone is 2. The molecule has 5 aromatic carbocycles. The Morgan fingerprint density at radius 1 is 0.512 bits per heavy atom. The summed E-state index contributed by atoms with van der Waals surface area (Å²) in [6.45, 7) is 11.1.